The first kappa shape index (κ1) is 18.6. The standard InChI is InChI=1S/C17H19ClF2N4O2/c18-13-2-3-14(26-16(19)20)12(10-13)11-22-15(25)17(4-7-21-8-5-17)24-9-1-6-23-24/h1-3,6,9-10,16,21H,4-5,7-8,11H2,(H,22,25). The minimum atomic E-state index is -2.95. The van der Waals surface area contributed by atoms with Gasteiger partial charge >= 0.3 is 6.61 Å². The van der Waals surface area contributed by atoms with Crippen LogP contribution in [0.1, 0.15) is 18.4 Å². The van der Waals surface area contributed by atoms with Crippen LogP contribution in [-0.2, 0) is 16.9 Å². The Morgan fingerprint density at radius 1 is 1.42 bits per heavy atom. The van der Waals surface area contributed by atoms with E-state index in [2.05, 4.69) is 20.5 Å². The zero-order chi connectivity index (χ0) is 18.6. The summed E-state index contributed by atoms with van der Waals surface area (Å²) in [4.78, 5) is 13.0. The maximum Gasteiger partial charge on any atom is 0.387 e. The second-order valence-electron chi connectivity index (χ2n) is 6.05. The Labute approximate surface area is 154 Å². The van der Waals surface area contributed by atoms with Crippen molar-refractivity contribution >= 4 is 17.5 Å². The molecule has 2 aromatic rings. The molecule has 6 nitrogen and oxygen atoms in total. The van der Waals surface area contributed by atoms with Crippen molar-refractivity contribution in [2.75, 3.05) is 13.1 Å². The van der Waals surface area contributed by atoms with Crippen molar-refractivity contribution in [3.8, 4) is 5.75 Å². The molecule has 26 heavy (non-hydrogen) atoms. The molecule has 1 fully saturated rings. The van der Waals surface area contributed by atoms with E-state index >= 15 is 0 Å². The number of rotatable bonds is 6. The van der Waals surface area contributed by atoms with Crippen molar-refractivity contribution in [2.45, 2.75) is 31.5 Å². The number of ether oxygens (including phenoxy) is 1. The van der Waals surface area contributed by atoms with Gasteiger partial charge in [0.1, 0.15) is 11.3 Å². The number of carbonyl (C=O) groups is 1. The molecule has 0 radical (unpaired) electrons. The fraction of sp³-hybridized carbons (Fsp3) is 0.412. The number of aromatic nitrogens is 2. The predicted molar refractivity (Wildman–Crippen MR) is 92.2 cm³/mol. The Morgan fingerprint density at radius 3 is 2.85 bits per heavy atom. The summed E-state index contributed by atoms with van der Waals surface area (Å²) in [6.45, 7) is -1.56. The summed E-state index contributed by atoms with van der Waals surface area (Å²) in [5.41, 5.74) is -0.424. The van der Waals surface area contributed by atoms with Gasteiger partial charge in [-0.05, 0) is 50.2 Å². The maximum atomic E-state index is 13.0. The van der Waals surface area contributed by atoms with Gasteiger partial charge < -0.3 is 15.4 Å². The molecule has 1 aromatic carbocycles. The summed E-state index contributed by atoms with van der Waals surface area (Å²) >= 11 is 5.95. The van der Waals surface area contributed by atoms with Gasteiger partial charge in [0.25, 0.3) is 0 Å². The van der Waals surface area contributed by atoms with Gasteiger partial charge in [0, 0.05) is 29.5 Å². The number of carbonyl (C=O) groups excluding carboxylic acids is 1. The first-order chi connectivity index (χ1) is 12.5. The molecule has 9 heteroatoms. The lowest BCUT2D eigenvalue weighted by molar-refractivity contribution is -0.132. The van der Waals surface area contributed by atoms with Gasteiger partial charge in [-0.1, -0.05) is 11.6 Å². The highest BCUT2D eigenvalue weighted by molar-refractivity contribution is 6.30. The number of alkyl halides is 2. The first-order valence-corrected chi connectivity index (χ1v) is 8.61. The topological polar surface area (TPSA) is 68.2 Å². The van der Waals surface area contributed by atoms with Crippen molar-refractivity contribution in [2.24, 2.45) is 0 Å². The van der Waals surface area contributed by atoms with Crippen molar-refractivity contribution in [3.05, 3.63) is 47.2 Å². The number of hydrogen-bond acceptors (Lipinski definition) is 4. The fourth-order valence-electron chi connectivity index (χ4n) is 3.16. The zero-order valence-corrected chi connectivity index (χ0v) is 14.7. The van der Waals surface area contributed by atoms with Crippen LogP contribution in [0.25, 0.3) is 0 Å². The Morgan fingerprint density at radius 2 is 2.19 bits per heavy atom. The van der Waals surface area contributed by atoms with Gasteiger partial charge in [-0.15, -0.1) is 0 Å². The van der Waals surface area contributed by atoms with Crippen molar-refractivity contribution < 1.29 is 18.3 Å². The number of halogens is 3. The largest absolute Gasteiger partial charge is 0.434 e. The van der Waals surface area contributed by atoms with Crippen molar-refractivity contribution in [1.29, 1.82) is 0 Å². The summed E-state index contributed by atoms with van der Waals surface area (Å²) in [6.07, 6.45) is 4.55. The number of benzene rings is 1. The van der Waals surface area contributed by atoms with Crippen LogP contribution in [0.5, 0.6) is 5.75 Å². The molecule has 0 bridgehead atoms. The molecule has 1 aliphatic rings. The molecule has 0 aliphatic carbocycles. The summed E-state index contributed by atoms with van der Waals surface area (Å²) in [5, 5.41) is 10.7. The van der Waals surface area contributed by atoms with E-state index in [0.29, 0.717) is 36.5 Å². The van der Waals surface area contributed by atoms with Crippen LogP contribution in [0.15, 0.2) is 36.7 Å². The average molecular weight is 385 g/mol. The van der Waals surface area contributed by atoms with Crippen LogP contribution in [0, 0.1) is 0 Å². The highest BCUT2D eigenvalue weighted by Crippen LogP contribution is 2.28. The van der Waals surface area contributed by atoms with Crippen LogP contribution < -0.4 is 15.4 Å². The second kappa shape index (κ2) is 8.01. The summed E-state index contributed by atoms with van der Waals surface area (Å²) in [7, 11) is 0. The molecule has 0 unspecified atom stereocenters. The third-order valence-corrected chi connectivity index (χ3v) is 4.71. The van der Waals surface area contributed by atoms with Crippen LogP contribution in [0.4, 0.5) is 8.78 Å². The number of amides is 1. The fourth-order valence-corrected chi connectivity index (χ4v) is 3.35. The molecule has 1 aliphatic heterocycles. The number of nitrogens with zero attached hydrogens (tertiary/aromatic N) is 2. The Balaban J connectivity index is 1.78. The minimum absolute atomic E-state index is 0.0110. The zero-order valence-electron chi connectivity index (χ0n) is 13.9. The third-order valence-electron chi connectivity index (χ3n) is 4.47. The molecule has 140 valence electrons. The van der Waals surface area contributed by atoms with Crippen molar-refractivity contribution in [3.63, 3.8) is 0 Å². The smallest absolute Gasteiger partial charge is 0.387 e. The van der Waals surface area contributed by atoms with Gasteiger partial charge in [-0.3, -0.25) is 9.48 Å². The quantitative estimate of drug-likeness (QED) is 0.803. The summed E-state index contributed by atoms with van der Waals surface area (Å²) in [5.74, 6) is -0.228. The van der Waals surface area contributed by atoms with E-state index < -0.39 is 12.2 Å². The predicted octanol–water partition coefficient (Wildman–Crippen LogP) is 2.53. The number of piperidine rings is 1. The van der Waals surface area contributed by atoms with E-state index in [1.807, 2.05) is 0 Å². The van der Waals surface area contributed by atoms with Gasteiger partial charge in [-0.2, -0.15) is 13.9 Å². The maximum absolute atomic E-state index is 13.0. The molecule has 0 spiro atoms. The third kappa shape index (κ3) is 3.96. The highest BCUT2D eigenvalue weighted by Gasteiger charge is 2.41. The Hall–Kier alpha value is -2.19. The molecule has 0 saturated carbocycles. The van der Waals surface area contributed by atoms with Gasteiger partial charge in [0.05, 0.1) is 0 Å². The molecule has 1 saturated heterocycles. The molecule has 2 heterocycles. The first-order valence-electron chi connectivity index (χ1n) is 8.24. The van der Waals surface area contributed by atoms with Crippen LogP contribution in [-0.4, -0.2) is 35.4 Å². The lowest BCUT2D eigenvalue weighted by Crippen LogP contribution is -2.54. The Kier molecular flexibility index (Phi) is 5.73. The molecular weight excluding hydrogens is 366 g/mol. The van der Waals surface area contributed by atoms with Gasteiger partial charge in [-0.25, -0.2) is 0 Å². The van der Waals surface area contributed by atoms with Crippen molar-refractivity contribution in [1.82, 2.24) is 20.4 Å². The van der Waals surface area contributed by atoms with E-state index in [4.69, 9.17) is 11.6 Å². The van der Waals surface area contributed by atoms with Gasteiger partial charge in [0.15, 0.2) is 0 Å². The van der Waals surface area contributed by atoms with E-state index in [-0.39, 0.29) is 18.2 Å². The van der Waals surface area contributed by atoms with E-state index in [9.17, 15) is 13.6 Å². The van der Waals surface area contributed by atoms with E-state index in [0.717, 1.165) is 0 Å². The number of hydrogen-bond donors (Lipinski definition) is 2. The molecule has 1 amide bonds. The van der Waals surface area contributed by atoms with E-state index in [1.165, 1.54) is 18.2 Å². The molecular formula is C17H19ClF2N4O2. The van der Waals surface area contributed by atoms with Crippen LogP contribution in [0.3, 0.4) is 0 Å². The van der Waals surface area contributed by atoms with E-state index in [1.54, 1.807) is 23.1 Å². The lowest BCUT2D eigenvalue weighted by Gasteiger charge is -2.36. The normalized spacial score (nSPS) is 16.5. The monoisotopic (exact) mass is 384 g/mol. The SMILES string of the molecule is O=C(NCc1cc(Cl)ccc1OC(F)F)C1(n2cccn2)CCNCC1. The summed E-state index contributed by atoms with van der Waals surface area (Å²) < 4.78 is 31.3. The number of nitrogens with one attached hydrogen (secondary N) is 2. The van der Waals surface area contributed by atoms with Gasteiger partial charge in [0.2, 0.25) is 5.91 Å². The van der Waals surface area contributed by atoms with Crippen LogP contribution in [0.2, 0.25) is 5.02 Å². The second-order valence-corrected chi connectivity index (χ2v) is 6.48. The highest BCUT2D eigenvalue weighted by atomic mass is 35.5. The molecule has 1 aromatic heterocycles. The molecule has 3 rings (SSSR count). The molecule has 2 N–H and O–H groups in total. The molecule has 0 atom stereocenters. The van der Waals surface area contributed by atoms with Crippen LogP contribution >= 0.6 is 11.6 Å². The Bertz CT molecular complexity index is 749. The summed E-state index contributed by atoms with van der Waals surface area (Å²) in [6, 6.07) is 6.09. The minimum Gasteiger partial charge on any atom is -0.434 e. The average Bonchev–Trinajstić information content (AvgIpc) is 3.17. The lowest BCUT2D eigenvalue weighted by atomic mass is 9.87.